The Bertz CT molecular complexity index is 455. The maximum Gasteiger partial charge on any atom is 0.280 e. The van der Waals surface area contributed by atoms with E-state index in [1.807, 2.05) is 0 Å². The first-order chi connectivity index (χ1) is 7.98. The molecular formula is C12H18BrN3O. The molecule has 0 radical (unpaired) electrons. The van der Waals surface area contributed by atoms with Gasteiger partial charge in [-0.25, -0.2) is 5.10 Å². The SMILES string of the molecule is CC1(C)CCCC(Nc2cn[nH]c(=O)c2Br)C1. The first kappa shape index (κ1) is 12.6. The lowest BCUT2D eigenvalue weighted by Crippen LogP contribution is -2.32. The van der Waals surface area contributed by atoms with Crippen molar-refractivity contribution in [2.24, 2.45) is 5.41 Å². The third kappa shape index (κ3) is 3.09. The lowest BCUT2D eigenvalue weighted by atomic mass is 9.75. The molecule has 0 saturated heterocycles. The Hall–Kier alpha value is -0.840. The van der Waals surface area contributed by atoms with Crippen molar-refractivity contribution >= 4 is 21.6 Å². The molecule has 2 N–H and O–H groups in total. The molecule has 17 heavy (non-hydrogen) atoms. The first-order valence-electron chi connectivity index (χ1n) is 5.98. The van der Waals surface area contributed by atoms with Crippen LogP contribution >= 0.6 is 15.9 Å². The second kappa shape index (κ2) is 4.80. The van der Waals surface area contributed by atoms with Crippen LogP contribution in [0.3, 0.4) is 0 Å². The van der Waals surface area contributed by atoms with Crippen molar-refractivity contribution in [1.29, 1.82) is 0 Å². The van der Waals surface area contributed by atoms with Crippen molar-refractivity contribution < 1.29 is 0 Å². The fraction of sp³-hybridized carbons (Fsp3) is 0.667. The van der Waals surface area contributed by atoms with Crippen LogP contribution in [0.15, 0.2) is 15.5 Å². The van der Waals surface area contributed by atoms with Crippen molar-refractivity contribution in [2.75, 3.05) is 5.32 Å². The van der Waals surface area contributed by atoms with Gasteiger partial charge in [-0.2, -0.15) is 5.10 Å². The van der Waals surface area contributed by atoms with Crippen LogP contribution in [0.2, 0.25) is 0 Å². The van der Waals surface area contributed by atoms with Crippen LogP contribution < -0.4 is 10.9 Å². The van der Waals surface area contributed by atoms with Crippen molar-refractivity contribution in [3.05, 3.63) is 21.0 Å². The average Bonchev–Trinajstić information content (AvgIpc) is 2.23. The summed E-state index contributed by atoms with van der Waals surface area (Å²) >= 11 is 3.29. The molecule has 1 aromatic heterocycles. The van der Waals surface area contributed by atoms with Gasteiger partial charge in [-0.1, -0.05) is 20.3 Å². The molecule has 1 aliphatic carbocycles. The standard InChI is InChI=1S/C12H18BrN3O/c1-12(2)5-3-4-8(6-12)15-9-7-14-16-11(17)10(9)13/h7-8H,3-6H2,1-2H3,(H2,15,16,17). The van der Waals surface area contributed by atoms with Gasteiger partial charge in [0.15, 0.2) is 0 Å². The van der Waals surface area contributed by atoms with Crippen LogP contribution in [0.5, 0.6) is 0 Å². The fourth-order valence-electron chi connectivity index (χ4n) is 2.53. The highest BCUT2D eigenvalue weighted by Crippen LogP contribution is 2.36. The van der Waals surface area contributed by atoms with E-state index in [4.69, 9.17) is 0 Å². The smallest absolute Gasteiger partial charge is 0.280 e. The summed E-state index contributed by atoms with van der Waals surface area (Å²) in [6.07, 6.45) is 6.46. The Labute approximate surface area is 109 Å². The average molecular weight is 300 g/mol. The van der Waals surface area contributed by atoms with E-state index >= 15 is 0 Å². The molecular weight excluding hydrogens is 282 g/mol. The number of anilines is 1. The zero-order valence-corrected chi connectivity index (χ0v) is 11.8. The number of aromatic nitrogens is 2. The van der Waals surface area contributed by atoms with Crippen molar-refractivity contribution in [3.63, 3.8) is 0 Å². The predicted molar refractivity (Wildman–Crippen MR) is 72.2 cm³/mol. The van der Waals surface area contributed by atoms with Gasteiger partial charge in [0, 0.05) is 6.04 Å². The van der Waals surface area contributed by atoms with Crippen LogP contribution in [0.25, 0.3) is 0 Å². The summed E-state index contributed by atoms with van der Waals surface area (Å²) in [7, 11) is 0. The predicted octanol–water partition coefficient (Wildman–Crippen LogP) is 2.91. The zero-order valence-electron chi connectivity index (χ0n) is 10.2. The highest BCUT2D eigenvalue weighted by molar-refractivity contribution is 9.10. The largest absolute Gasteiger partial charge is 0.380 e. The molecule has 4 nitrogen and oxygen atoms in total. The normalized spacial score (nSPS) is 23.4. The summed E-state index contributed by atoms with van der Waals surface area (Å²) in [6, 6.07) is 0.429. The van der Waals surface area contributed by atoms with E-state index in [1.165, 1.54) is 12.8 Å². The minimum atomic E-state index is -0.190. The molecule has 1 unspecified atom stereocenters. The number of aromatic amines is 1. The Morgan fingerprint density at radius 1 is 1.59 bits per heavy atom. The molecule has 1 saturated carbocycles. The summed E-state index contributed by atoms with van der Waals surface area (Å²) in [5, 5.41) is 9.63. The van der Waals surface area contributed by atoms with E-state index in [0.717, 1.165) is 18.5 Å². The Balaban J connectivity index is 2.11. The van der Waals surface area contributed by atoms with Gasteiger partial charge in [0.2, 0.25) is 0 Å². The molecule has 1 aromatic rings. The van der Waals surface area contributed by atoms with Crippen molar-refractivity contribution in [1.82, 2.24) is 10.2 Å². The molecule has 1 fully saturated rings. The lowest BCUT2D eigenvalue weighted by molar-refractivity contribution is 0.229. The number of nitrogens with one attached hydrogen (secondary N) is 2. The summed E-state index contributed by atoms with van der Waals surface area (Å²) in [4.78, 5) is 11.4. The number of H-pyrrole nitrogens is 1. The van der Waals surface area contributed by atoms with Gasteiger partial charge in [0.05, 0.1) is 11.9 Å². The van der Waals surface area contributed by atoms with Crippen molar-refractivity contribution in [3.8, 4) is 0 Å². The number of nitrogens with zero attached hydrogens (tertiary/aromatic N) is 1. The van der Waals surface area contributed by atoms with E-state index in [-0.39, 0.29) is 5.56 Å². The van der Waals surface area contributed by atoms with Gasteiger partial charge >= 0.3 is 0 Å². The topological polar surface area (TPSA) is 57.8 Å². The number of hydrogen-bond donors (Lipinski definition) is 2. The Kier molecular flexibility index (Phi) is 3.56. The zero-order chi connectivity index (χ0) is 12.5. The molecule has 5 heteroatoms. The van der Waals surface area contributed by atoms with Gasteiger partial charge in [-0.05, 0) is 40.6 Å². The molecule has 0 spiro atoms. The highest BCUT2D eigenvalue weighted by atomic mass is 79.9. The minimum Gasteiger partial charge on any atom is -0.380 e. The maximum atomic E-state index is 11.4. The molecule has 1 heterocycles. The number of hydrogen-bond acceptors (Lipinski definition) is 3. The molecule has 0 aromatic carbocycles. The highest BCUT2D eigenvalue weighted by Gasteiger charge is 2.28. The van der Waals surface area contributed by atoms with Crippen LogP contribution in [0, 0.1) is 5.41 Å². The van der Waals surface area contributed by atoms with Crippen LogP contribution in [0.4, 0.5) is 5.69 Å². The minimum absolute atomic E-state index is 0.190. The van der Waals surface area contributed by atoms with E-state index in [1.54, 1.807) is 6.20 Å². The molecule has 0 bridgehead atoms. The maximum absolute atomic E-state index is 11.4. The second-order valence-corrected chi connectivity index (χ2v) is 6.32. The lowest BCUT2D eigenvalue weighted by Gasteiger charge is -2.36. The van der Waals surface area contributed by atoms with E-state index < -0.39 is 0 Å². The van der Waals surface area contributed by atoms with Crippen molar-refractivity contribution in [2.45, 2.75) is 45.6 Å². The Morgan fingerprint density at radius 2 is 2.35 bits per heavy atom. The summed E-state index contributed by atoms with van der Waals surface area (Å²) in [6.45, 7) is 4.60. The van der Waals surface area contributed by atoms with Crippen LogP contribution in [0.1, 0.15) is 39.5 Å². The molecule has 0 amide bonds. The monoisotopic (exact) mass is 299 g/mol. The number of halogens is 1. The first-order valence-corrected chi connectivity index (χ1v) is 6.77. The van der Waals surface area contributed by atoms with Gasteiger partial charge in [-0.15, -0.1) is 0 Å². The quantitative estimate of drug-likeness (QED) is 0.883. The van der Waals surface area contributed by atoms with E-state index in [9.17, 15) is 4.79 Å². The van der Waals surface area contributed by atoms with Gasteiger partial charge in [0.25, 0.3) is 5.56 Å². The molecule has 1 atom stereocenters. The third-order valence-electron chi connectivity index (χ3n) is 3.36. The third-order valence-corrected chi connectivity index (χ3v) is 4.15. The molecule has 2 rings (SSSR count). The van der Waals surface area contributed by atoms with Crippen LogP contribution in [-0.4, -0.2) is 16.2 Å². The summed E-state index contributed by atoms with van der Waals surface area (Å²) in [5.41, 5.74) is 0.985. The van der Waals surface area contributed by atoms with Gasteiger partial charge in [-0.3, -0.25) is 4.79 Å². The van der Waals surface area contributed by atoms with E-state index in [0.29, 0.717) is 15.9 Å². The van der Waals surface area contributed by atoms with Crippen LogP contribution in [-0.2, 0) is 0 Å². The molecule has 0 aliphatic heterocycles. The fourth-order valence-corrected chi connectivity index (χ4v) is 2.83. The summed E-state index contributed by atoms with van der Waals surface area (Å²) in [5.74, 6) is 0. The van der Waals surface area contributed by atoms with E-state index in [2.05, 4.69) is 45.3 Å². The molecule has 94 valence electrons. The number of rotatable bonds is 2. The second-order valence-electron chi connectivity index (χ2n) is 5.53. The van der Waals surface area contributed by atoms with Gasteiger partial charge < -0.3 is 5.32 Å². The Morgan fingerprint density at radius 3 is 3.06 bits per heavy atom. The van der Waals surface area contributed by atoms with Gasteiger partial charge in [0.1, 0.15) is 4.47 Å². The summed E-state index contributed by atoms with van der Waals surface area (Å²) < 4.78 is 0.538. The molecule has 1 aliphatic rings.